The molecule has 0 fully saturated rings. The molecule has 0 saturated carbocycles. The van der Waals surface area contributed by atoms with Gasteiger partial charge in [0.15, 0.2) is 5.82 Å². The molecule has 0 saturated heterocycles. The van der Waals surface area contributed by atoms with Gasteiger partial charge in [0, 0.05) is 13.6 Å². The highest BCUT2D eigenvalue weighted by molar-refractivity contribution is 5.47. The summed E-state index contributed by atoms with van der Waals surface area (Å²) in [5.41, 5.74) is 1.24. The van der Waals surface area contributed by atoms with Crippen LogP contribution in [0, 0.1) is 16.7 Å². The van der Waals surface area contributed by atoms with Crippen molar-refractivity contribution in [2.75, 3.05) is 18.5 Å². The quantitative estimate of drug-likeness (QED) is 0.875. The van der Waals surface area contributed by atoms with Gasteiger partial charge >= 0.3 is 0 Å². The van der Waals surface area contributed by atoms with E-state index in [4.69, 9.17) is 5.26 Å². The molecule has 0 aliphatic carbocycles. The largest absolute Gasteiger partial charge is 0.358 e. The Hall–Kier alpha value is -1.50. The SMILES string of the molecule is CC(C)c1[nH]c(C#N)nc1N(C)CC(C)(C)C. The molecule has 0 radical (unpaired) electrons. The second-order valence-corrected chi connectivity index (χ2v) is 6.01. The Bertz CT molecular complexity index is 418. The molecule has 0 aromatic carbocycles. The van der Waals surface area contributed by atoms with Crippen molar-refractivity contribution in [2.45, 2.75) is 40.5 Å². The van der Waals surface area contributed by atoms with Crippen LogP contribution in [0.1, 0.15) is 52.1 Å². The minimum atomic E-state index is 0.203. The molecule has 1 N–H and O–H groups in total. The normalized spacial score (nSPS) is 11.6. The molecular weight excluding hydrogens is 212 g/mol. The van der Waals surface area contributed by atoms with Gasteiger partial charge in [-0.3, -0.25) is 0 Å². The molecule has 94 valence electrons. The van der Waals surface area contributed by atoms with Gasteiger partial charge in [0.05, 0.1) is 5.69 Å². The molecule has 0 bridgehead atoms. The van der Waals surface area contributed by atoms with Crippen LogP contribution in [0.4, 0.5) is 5.82 Å². The molecule has 4 heteroatoms. The van der Waals surface area contributed by atoms with Crippen molar-refractivity contribution in [2.24, 2.45) is 5.41 Å². The summed E-state index contributed by atoms with van der Waals surface area (Å²) in [5, 5.41) is 8.91. The number of nitriles is 1. The van der Waals surface area contributed by atoms with Crippen LogP contribution in [0.15, 0.2) is 0 Å². The molecular formula is C13H22N4. The average molecular weight is 234 g/mol. The first-order valence-corrected chi connectivity index (χ1v) is 5.95. The molecule has 1 rings (SSSR count). The third-order valence-corrected chi connectivity index (χ3v) is 2.47. The van der Waals surface area contributed by atoms with Crippen molar-refractivity contribution in [3.05, 3.63) is 11.5 Å². The third-order valence-electron chi connectivity index (χ3n) is 2.47. The van der Waals surface area contributed by atoms with Crippen molar-refractivity contribution in [3.8, 4) is 6.07 Å². The van der Waals surface area contributed by atoms with E-state index in [1.807, 2.05) is 7.05 Å². The number of nitrogens with one attached hydrogen (secondary N) is 1. The molecule has 0 atom stereocenters. The van der Waals surface area contributed by atoms with Crippen LogP contribution < -0.4 is 4.90 Å². The lowest BCUT2D eigenvalue weighted by atomic mass is 9.96. The van der Waals surface area contributed by atoms with E-state index < -0.39 is 0 Å². The number of nitrogens with zero attached hydrogens (tertiary/aromatic N) is 3. The van der Waals surface area contributed by atoms with Gasteiger partial charge < -0.3 is 9.88 Å². The summed E-state index contributed by atoms with van der Waals surface area (Å²) in [7, 11) is 2.02. The Kier molecular flexibility index (Phi) is 3.82. The summed E-state index contributed by atoms with van der Waals surface area (Å²) in [5.74, 6) is 1.62. The first-order chi connectivity index (χ1) is 7.74. The average Bonchev–Trinajstić information content (AvgIpc) is 2.58. The summed E-state index contributed by atoms with van der Waals surface area (Å²) in [6, 6.07) is 2.07. The molecule has 1 heterocycles. The van der Waals surface area contributed by atoms with Crippen molar-refractivity contribution in [1.29, 1.82) is 5.26 Å². The summed E-state index contributed by atoms with van der Waals surface area (Å²) in [6.07, 6.45) is 0. The van der Waals surface area contributed by atoms with Crippen molar-refractivity contribution < 1.29 is 0 Å². The van der Waals surface area contributed by atoms with Crippen LogP contribution in [-0.2, 0) is 0 Å². The monoisotopic (exact) mass is 234 g/mol. The minimum Gasteiger partial charge on any atom is -0.358 e. The first kappa shape index (κ1) is 13.6. The van der Waals surface area contributed by atoms with Crippen LogP contribution in [-0.4, -0.2) is 23.6 Å². The molecule has 1 aromatic heterocycles. The van der Waals surface area contributed by atoms with Gasteiger partial charge in [-0.2, -0.15) is 5.26 Å². The molecule has 0 spiro atoms. The Morgan fingerprint density at radius 2 is 2.00 bits per heavy atom. The van der Waals surface area contributed by atoms with Gasteiger partial charge in [0.2, 0.25) is 5.82 Å². The van der Waals surface area contributed by atoms with Crippen LogP contribution in [0.25, 0.3) is 0 Å². The van der Waals surface area contributed by atoms with Crippen molar-refractivity contribution >= 4 is 5.82 Å². The van der Waals surface area contributed by atoms with E-state index in [1.54, 1.807) is 0 Å². The Morgan fingerprint density at radius 1 is 1.41 bits per heavy atom. The maximum atomic E-state index is 8.91. The molecule has 0 amide bonds. The van der Waals surface area contributed by atoms with Gasteiger partial charge in [-0.05, 0) is 11.3 Å². The van der Waals surface area contributed by atoms with Crippen LogP contribution in [0.3, 0.4) is 0 Å². The van der Waals surface area contributed by atoms with E-state index >= 15 is 0 Å². The van der Waals surface area contributed by atoms with Crippen LogP contribution in [0.2, 0.25) is 0 Å². The van der Waals surface area contributed by atoms with E-state index in [1.165, 1.54) is 0 Å². The van der Waals surface area contributed by atoms with Gasteiger partial charge in [-0.25, -0.2) is 4.98 Å². The number of hydrogen-bond donors (Lipinski definition) is 1. The highest BCUT2D eigenvalue weighted by Crippen LogP contribution is 2.26. The maximum Gasteiger partial charge on any atom is 0.212 e. The van der Waals surface area contributed by atoms with Crippen molar-refractivity contribution in [1.82, 2.24) is 9.97 Å². The Balaban J connectivity index is 3.04. The molecule has 1 aromatic rings. The van der Waals surface area contributed by atoms with Gasteiger partial charge in [0.1, 0.15) is 6.07 Å². The second kappa shape index (κ2) is 4.79. The topological polar surface area (TPSA) is 55.7 Å². The van der Waals surface area contributed by atoms with Gasteiger partial charge in [0.25, 0.3) is 0 Å². The van der Waals surface area contributed by atoms with E-state index in [2.05, 4.69) is 55.6 Å². The van der Waals surface area contributed by atoms with Crippen LogP contribution >= 0.6 is 0 Å². The predicted octanol–water partition coefficient (Wildman–Crippen LogP) is 2.89. The van der Waals surface area contributed by atoms with E-state index in [9.17, 15) is 0 Å². The number of imidazole rings is 1. The number of rotatable bonds is 3. The molecule has 17 heavy (non-hydrogen) atoms. The summed E-state index contributed by atoms with van der Waals surface area (Å²) >= 11 is 0. The highest BCUT2D eigenvalue weighted by atomic mass is 15.2. The zero-order chi connectivity index (χ0) is 13.2. The van der Waals surface area contributed by atoms with E-state index in [0.29, 0.717) is 11.7 Å². The van der Waals surface area contributed by atoms with Gasteiger partial charge in [-0.1, -0.05) is 34.6 Å². The minimum absolute atomic E-state index is 0.203. The lowest BCUT2D eigenvalue weighted by molar-refractivity contribution is 0.417. The number of aromatic amines is 1. The van der Waals surface area contributed by atoms with E-state index in [0.717, 1.165) is 18.1 Å². The Morgan fingerprint density at radius 3 is 2.41 bits per heavy atom. The standard InChI is InChI=1S/C13H22N4/c1-9(2)11-12(16-10(7-14)15-11)17(6)8-13(3,4)5/h9H,8H2,1-6H3,(H,15,16). The molecule has 0 unspecified atom stereocenters. The van der Waals surface area contributed by atoms with E-state index in [-0.39, 0.29) is 5.41 Å². The smallest absolute Gasteiger partial charge is 0.212 e. The number of hydrogen-bond acceptors (Lipinski definition) is 3. The molecule has 0 aliphatic heterocycles. The third kappa shape index (κ3) is 3.48. The fourth-order valence-corrected chi connectivity index (χ4v) is 1.91. The molecule has 0 aliphatic rings. The predicted molar refractivity (Wildman–Crippen MR) is 70.1 cm³/mol. The number of aromatic nitrogens is 2. The second-order valence-electron chi connectivity index (χ2n) is 6.01. The fraction of sp³-hybridized carbons (Fsp3) is 0.692. The number of anilines is 1. The fourth-order valence-electron chi connectivity index (χ4n) is 1.91. The highest BCUT2D eigenvalue weighted by Gasteiger charge is 2.20. The summed E-state index contributed by atoms with van der Waals surface area (Å²) in [6.45, 7) is 11.7. The van der Waals surface area contributed by atoms with Gasteiger partial charge in [-0.15, -0.1) is 0 Å². The summed E-state index contributed by atoms with van der Waals surface area (Å²) in [4.78, 5) is 9.54. The zero-order valence-electron chi connectivity index (χ0n) is 11.6. The first-order valence-electron chi connectivity index (χ1n) is 5.95. The van der Waals surface area contributed by atoms with Crippen molar-refractivity contribution in [3.63, 3.8) is 0 Å². The zero-order valence-corrected chi connectivity index (χ0v) is 11.6. The summed E-state index contributed by atoms with van der Waals surface area (Å²) < 4.78 is 0. The maximum absolute atomic E-state index is 8.91. The number of H-pyrrole nitrogens is 1. The lowest BCUT2D eigenvalue weighted by Crippen LogP contribution is -2.30. The molecule has 4 nitrogen and oxygen atoms in total. The Labute approximate surface area is 104 Å². The van der Waals surface area contributed by atoms with Crippen LogP contribution in [0.5, 0.6) is 0 Å². The lowest BCUT2D eigenvalue weighted by Gasteiger charge is -2.27.